The Balaban J connectivity index is 1.35. The van der Waals surface area contributed by atoms with Crippen molar-refractivity contribution >= 4 is 17.3 Å². The van der Waals surface area contributed by atoms with E-state index in [1.54, 1.807) is 13.1 Å². The highest BCUT2D eigenvalue weighted by atomic mass is 19.1. The number of hydrogen-bond acceptors (Lipinski definition) is 4. The van der Waals surface area contributed by atoms with Gasteiger partial charge in [-0.1, -0.05) is 6.92 Å². The van der Waals surface area contributed by atoms with Gasteiger partial charge < -0.3 is 20.7 Å². The van der Waals surface area contributed by atoms with Gasteiger partial charge in [0.25, 0.3) is 0 Å². The van der Waals surface area contributed by atoms with Gasteiger partial charge in [-0.05, 0) is 68.9 Å². The second-order valence-electron chi connectivity index (χ2n) is 10.2. The van der Waals surface area contributed by atoms with Gasteiger partial charge in [-0.3, -0.25) is 4.79 Å². The maximum atomic E-state index is 14.6. The number of anilines is 1. The highest BCUT2D eigenvalue weighted by molar-refractivity contribution is 6.07. The van der Waals surface area contributed by atoms with E-state index in [9.17, 15) is 14.3 Å². The summed E-state index contributed by atoms with van der Waals surface area (Å²) < 4.78 is 14.6. The summed E-state index contributed by atoms with van der Waals surface area (Å²) in [6, 6.07) is 3.46. The molecule has 3 aliphatic carbocycles. The number of amides is 1. The van der Waals surface area contributed by atoms with Crippen LogP contribution in [0.2, 0.25) is 0 Å². The molecule has 3 N–H and O–H groups in total. The lowest BCUT2D eigenvalue weighted by molar-refractivity contribution is -0.175. The molecule has 6 rings (SSSR count). The fourth-order valence-corrected chi connectivity index (χ4v) is 6.57. The zero-order valence-electron chi connectivity index (χ0n) is 17.9. The summed E-state index contributed by atoms with van der Waals surface area (Å²) in [4.78, 5) is 15.3. The molecule has 2 heterocycles. The van der Waals surface area contributed by atoms with E-state index in [1.807, 2.05) is 11.8 Å². The van der Waals surface area contributed by atoms with Crippen LogP contribution in [0.5, 0.6) is 0 Å². The van der Waals surface area contributed by atoms with Crippen LogP contribution in [-0.2, 0) is 4.79 Å². The second kappa shape index (κ2) is 7.04. The third kappa shape index (κ3) is 3.24. The molecule has 1 amide bonds. The molecule has 1 aromatic rings. The van der Waals surface area contributed by atoms with E-state index >= 15 is 0 Å². The van der Waals surface area contributed by atoms with Crippen LogP contribution in [0.3, 0.4) is 0 Å². The standard InChI is InChI=1S/C24H32FN3O2/c1-13(23(26)22-19(27-2)6-5-18(25)21(22)15-3-4-15)7-20(29)28-16-8-14-9-17(28)12-24(30,10-14)11-16/h5-6,13-17,26-27,30H,3-4,7-12H2,1-2H3. The first-order valence-corrected chi connectivity index (χ1v) is 11.4. The molecular weight excluding hydrogens is 381 g/mol. The van der Waals surface area contributed by atoms with Crippen molar-refractivity contribution in [3.8, 4) is 0 Å². The molecule has 2 aliphatic heterocycles. The summed E-state index contributed by atoms with van der Waals surface area (Å²) in [7, 11) is 1.79. The van der Waals surface area contributed by atoms with Crippen LogP contribution >= 0.6 is 0 Å². The number of piperidine rings is 2. The minimum Gasteiger partial charge on any atom is -0.390 e. The monoisotopic (exact) mass is 413 g/mol. The van der Waals surface area contributed by atoms with Crippen molar-refractivity contribution in [3.05, 3.63) is 29.1 Å². The lowest BCUT2D eigenvalue weighted by atomic mass is 9.61. The van der Waals surface area contributed by atoms with Crippen LogP contribution in [0.4, 0.5) is 10.1 Å². The summed E-state index contributed by atoms with van der Waals surface area (Å²) in [6.45, 7) is 1.91. The molecule has 4 bridgehead atoms. The van der Waals surface area contributed by atoms with Crippen molar-refractivity contribution in [1.82, 2.24) is 4.90 Å². The first-order chi connectivity index (χ1) is 14.3. The van der Waals surface area contributed by atoms with E-state index in [4.69, 9.17) is 5.41 Å². The highest BCUT2D eigenvalue weighted by Gasteiger charge is 2.55. The largest absolute Gasteiger partial charge is 0.390 e. The van der Waals surface area contributed by atoms with E-state index in [2.05, 4.69) is 5.32 Å². The summed E-state index contributed by atoms with van der Waals surface area (Å²) in [5.41, 5.74) is 1.82. The Morgan fingerprint density at radius 1 is 1.30 bits per heavy atom. The number of rotatable bonds is 6. The van der Waals surface area contributed by atoms with Gasteiger partial charge in [-0.2, -0.15) is 0 Å². The van der Waals surface area contributed by atoms with E-state index in [0.29, 0.717) is 35.6 Å². The molecule has 5 fully saturated rings. The summed E-state index contributed by atoms with van der Waals surface area (Å²) in [5, 5.41) is 22.8. The van der Waals surface area contributed by atoms with Crippen molar-refractivity contribution in [1.29, 1.82) is 5.41 Å². The molecule has 0 aromatic heterocycles. The van der Waals surface area contributed by atoms with Crippen LogP contribution in [0.1, 0.15) is 75.3 Å². The highest BCUT2D eigenvalue weighted by Crippen LogP contribution is 2.51. The van der Waals surface area contributed by atoms with Gasteiger partial charge in [-0.15, -0.1) is 0 Å². The average Bonchev–Trinajstić information content (AvgIpc) is 3.50. The number of nitrogens with one attached hydrogen (secondary N) is 2. The molecule has 5 nitrogen and oxygen atoms in total. The quantitative estimate of drug-likeness (QED) is 0.616. The first-order valence-electron chi connectivity index (χ1n) is 11.4. The minimum atomic E-state index is -0.575. The zero-order valence-corrected chi connectivity index (χ0v) is 17.9. The van der Waals surface area contributed by atoms with Gasteiger partial charge in [0.1, 0.15) is 5.82 Å². The first kappa shape index (κ1) is 20.0. The Kier molecular flexibility index (Phi) is 4.69. The van der Waals surface area contributed by atoms with Crippen LogP contribution < -0.4 is 5.32 Å². The molecule has 3 atom stereocenters. The van der Waals surface area contributed by atoms with E-state index < -0.39 is 5.60 Å². The fourth-order valence-electron chi connectivity index (χ4n) is 6.57. The van der Waals surface area contributed by atoms with Gasteiger partial charge in [0.05, 0.1) is 5.60 Å². The van der Waals surface area contributed by atoms with Gasteiger partial charge in [0, 0.05) is 54.0 Å². The Morgan fingerprint density at radius 2 is 1.97 bits per heavy atom. The molecule has 6 heteroatoms. The topological polar surface area (TPSA) is 76.4 Å². The predicted octanol–water partition coefficient (Wildman–Crippen LogP) is 4.04. The number of nitrogens with zero attached hydrogens (tertiary/aromatic N) is 1. The third-order valence-corrected chi connectivity index (χ3v) is 7.88. The number of hydrogen-bond donors (Lipinski definition) is 3. The molecule has 5 aliphatic rings. The number of carbonyl (C=O) groups excluding carboxylic acids is 1. The Hall–Kier alpha value is -1.95. The Morgan fingerprint density at radius 3 is 2.53 bits per heavy atom. The lowest BCUT2D eigenvalue weighted by Crippen LogP contribution is -2.65. The van der Waals surface area contributed by atoms with Gasteiger partial charge in [0.2, 0.25) is 5.91 Å². The third-order valence-electron chi connectivity index (χ3n) is 7.88. The van der Waals surface area contributed by atoms with Gasteiger partial charge in [-0.25, -0.2) is 4.39 Å². The maximum absolute atomic E-state index is 14.6. The smallest absolute Gasteiger partial charge is 0.223 e. The molecule has 2 saturated heterocycles. The van der Waals surface area contributed by atoms with Crippen LogP contribution in [-0.4, -0.2) is 46.4 Å². The fraction of sp³-hybridized carbons (Fsp3) is 0.667. The average molecular weight is 414 g/mol. The summed E-state index contributed by atoms with van der Waals surface area (Å²) >= 11 is 0. The van der Waals surface area contributed by atoms with Crippen molar-refractivity contribution in [2.75, 3.05) is 12.4 Å². The van der Waals surface area contributed by atoms with Crippen LogP contribution in [0.15, 0.2) is 12.1 Å². The van der Waals surface area contributed by atoms with Crippen molar-refractivity contribution < 1.29 is 14.3 Å². The molecule has 162 valence electrons. The lowest BCUT2D eigenvalue weighted by Gasteiger charge is -2.59. The minimum absolute atomic E-state index is 0.0834. The molecule has 3 unspecified atom stereocenters. The molecular formula is C24H32FN3O2. The SMILES string of the molecule is CNc1ccc(F)c(C2CC2)c1C(=N)C(C)CC(=O)N1C2CC3CC1CC(O)(C3)C2. The normalized spacial score (nSPS) is 32.9. The molecule has 0 radical (unpaired) electrons. The molecule has 3 saturated carbocycles. The van der Waals surface area contributed by atoms with E-state index in [0.717, 1.165) is 37.8 Å². The van der Waals surface area contributed by atoms with E-state index in [-0.39, 0.29) is 42.1 Å². The molecule has 1 aromatic carbocycles. The summed E-state index contributed by atoms with van der Waals surface area (Å²) in [6.07, 6.45) is 6.44. The van der Waals surface area contributed by atoms with Crippen molar-refractivity contribution in [3.63, 3.8) is 0 Å². The number of halogens is 1. The van der Waals surface area contributed by atoms with Crippen LogP contribution in [0.25, 0.3) is 0 Å². The van der Waals surface area contributed by atoms with E-state index in [1.165, 1.54) is 6.07 Å². The zero-order chi connectivity index (χ0) is 21.2. The van der Waals surface area contributed by atoms with Crippen molar-refractivity contribution in [2.24, 2.45) is 11.8 Å². The Bertz CT molecular complexity index is 881. The van der Waals surface area contributed by atoms with Gasteiger partial charge >= 0.3 is 0 Å². The second-order valence-corrected chi connectivity index (χ2v) is 10.2. The van der Waals surface area contributed by atoms with Gasteiger partial charge in [0.15, 0.2) is 0 Å². The number of benzene rings is 1. The van der Waals surface area contributed by atoms with Crippen molar-refractivity contribution in [2.45, 2.75) is 81.9 Å². The molecule has 30 heavy (non-hydrogen) atoms. The Labute approximate surface area is 177 Å². The summed E-state index contributed by atoms with van der Waals surface area (Å²) in [5.74, 6) is 0.279. The number of carbonyl (C=O) groups is 1. The predicted molar refractivity (Wildman–Crippen MR) is 114 cm³/mol. The maximum Gasteiger partial charge on any atom is 0.223 e. The molecule has 0 spiro atoms. The number of aliphatic hydroxyl groups is 1. The van der Waals surface area contributed by atoms with Crippen LogP contribution in [0, 0.1) is 23.1 Å².